The molecule has 106 valence electrons. The number of hydrogen-bond donors (Lipinski definition) is 1. The van der Waals surface area contributed by atoms with Crippen LogP contribution in [-0.2, 0) is 0 Å². The maximum Gasteiger partial charge on any atom is 0.215 e. The molecule has 0 spiro atoms. The van der Waals surface area contributed by atoms with E-state index in [0.717, 1.165) is 18.2 Å². The lowest BCUT2D eigenvalue weighted by atomic mass is 9.80. The quantitative estimate of drug-likeness (QED) is 0.803. The molecule has 1 aliphatic rings. The summed E-state index contributed by atoms with van der Waals surface area (Å²) in [6.07, 6.45) is 5.19. The first-order valence-corrected chi connectivity index (χ1v) is 7.76. The summed E-state index contributed by atoms with van der Waals surface area (Å²) in [4.78, 5) is 4.43. The van der Waals surface area contributed by atoms with E-state index in [2.05, 4.69) is 10.3 Å². The summed E-state index contributed by atoms with van der Waals surface area (Å²) in [7, 11) is 0. The lowest BCUT2D eigenvalue weighted by molar-refractivity contribution is 0.271. The molecule has 19 heavy (non-hydrogen) atoms. The Morgan fingerprint density at radius 3 is 2.84 bits per heavy atom. The maximum absolute atomic E-state index is 6.06. The summed E-state index contributed by atoms with van der Waals surface area (Å²) < 4.78 is 5.41. The molecule has 1 aromatic heterocycles. The Morgan fingerprint density at radius 1 is 1.32 bits per heavy atom. The SMILES string of the molecule is CCOc1cccc(NCC2CCCCC2CCl)n1. The number of rotatable bonds is 6. The zero-order valence-electron chi connectivity index (χ0n) is 11.6. The van der Waals surface area contributed by atoms with E-state index in [9.17, 15) is 0 Å². The van der Waals surface area contributed by atoms with Gasteiger partial charge in [0, 0.05) is 18.5 Å². The first-order valence-electron chi connectivity index (χ1n) is 7.23. The van der Waals surface area contributed by atoms with E-state index in [-0.39, 0.29) is 0 Å². The first kappa shape index (κ1) is 14.4. The first-order chi connectivity index (χ1) is 9.33. The fraction of sp³-hybridized carbons (Fsp3) is 0.667. The molecule has 0 aliphatic heterocycles. The van der Waals surface area contributed by atoms with Crippen LogP contribution in [-0.4, -0.2) is 24.0 Å². The van der Waals surface area contributed by atoms with Crippen LogP contribution >= 0.6 is 11.6 Å². The molecule has 3 nitrogen and oxygen atoms in total. The average Bonchev–Trinajstić information content (AvgIpc) is 2.46. The van der Waals surface area contributed by atoms with Gasteiger partial charge in [-0.2, -0.15) is 4.98 Å². The number of halogens is 1. The van der Waals surface area contributed by atoms with E-state index >= 15 is 0 Å². The van der Waals surface area contributed by atoms with Gasteiger partial charge in [0.15, 0.2) is 0 Å². The Balaban J connectivity index is 1.88. The summed E-state index contributed by atoms with van der Waals surface area (Å²) in [6.45, 7) is 3.57. The molecule has 0 radical (unpaired) electrons. The molecule has 1 heterocycles. The highest BCUT2D eigenvalue weighted by atomic mass is 35.5. The maximum atomic E-state index is 6.06. The van der Waals surface area contributed by atoms with Gasteiger partial charge in [0.25, 0.3) is 0 Å². The summed E-state index contributed by atoms with van der Waals surface area (Å²) >= 11 is 6.06. The van der Waals surface area contributed by atoms with Gasteiger partial charge in [-0.15, -0.1) is 11.6 Å². The standard InChI is InChI=1S/C15H23ClN2O/c1-2-19-15-9-5-8-14(18-15)17-11-13-7-4-3-6-12(13)10-16/h5,8-9,12-13H,2-4,6-7,10-11H2,1H3,(H,17,18). The van der Waals surface area contributed by atoms with Crippen LogP contribution in [0.5, 0.6) is 5.88 Å². The van der Waals surface area contributed by atoms with Crippen molar-refractivity contribution in [2.45, 2.75) is 32.6 Å². The normalized spacial score (nSPS) is 23.1. The Morgan fingerprint density at radius 2 is 2.11 bits per heavy atom. The van der Waals surface area contributed by atoms with Crippen molar-refractivity contribution in [3.8, 4) is 5.88 Å². The van der Waals surface area contributed by atoms with Gasteiger partial charge < -0.3 is 10.1 Å². The number of ether oxygens (including phenoxy) is 1. The molecule has 2 unspecified atom stereocenters. The summed E-state index contributed by atoms with van der Waals surface area (Å²) in [5.41, 5.74) is 0. The van der Waals surface area contributed by atoms with Gasteiger partial charge in [-0.3, -0.25) is 0 Å². The highest BCUT2D eigenvalue weighted by molar-refractivity contribution is 6.18. The van der Waals surface area contributed by atoms with Crippen LogP contribution in [0, 0.1) is 11.8 Å². The van der Waals surface area contributed by atoms with Gasteiger partial charge in [-0.05, 0) is 37.7 Å². The van der Waals surface area contributed by atoms with Gasteiger partial charge in [-0.1, -0.05) is 18.9 Å². The third-order valence-electron chi connectivity index (χ3n) is 3.83. The third-order valence-corrected chi connectivity index (χ3v) is 4.22. The summed E-state index contributed by atoms with van der Waals surface area (Å²) in [5.74, 6) is 3.68. The van der Waals surface area contributed by atoms with Crippen LogP contribution in [0.1, 0.15) is 32.6 Å². The van der Waals surface area contributed by atoms with E-state index in [1.165, 1.54) is 25.7 Å². The van der Waals surface area contributed by atoms with E-state index in [0.29, 0.717) is 24.3 Å². The van der Waals surface area contributed by atoms with Crippen LogP contribution in [0.3, 0.4) is 0 Å². The Bertz CT molecular complexity index is 386. The number of nitrogens with zero attached hydrogens (tertiary/aromatic N) is 1. The highest BCUT2D eigenvalue weighted by Crippen LogP contribution is 2.31. The van der Waals surface area contributed by atoms with Crippen molar-refractivity contribution in [2.75, 3.05) is 24.3 Å². The number of pyridine rings is 1. The second kappa shape index (κ2) is 7.59. The van der Waals surface area contributed by atoms with Gasteiger partial charge in [0.2, 0.25) is 5.88 Å². The summed E-state index contributed by atoms with van der Waals surface area (Å²) in [5, 5.41) is 3.43. The molecule has 1 aromatic rings. The molecule has 1 saturated carbocycles. The summed E-state index contributed by atoms with van der Waals surface area (Å²) in [6, 6.07) is 5.85. The Hall–Kier alpha value is -0.960. The fourth-order valence-electron chi connectivity index (χ4n) is 2.73. The zero-order chi connectivity index (χ0) is 13.5. The molecule has 1 N–H and O–H groups in total. The minimum absolute atomic E-state index is 0.646. The van der Waals surface area contributed by atoms with Crippen molar-refractivity contribution in [1.82, 2.24) is 4.98 Å². The lowest BCUT2D eigenvalue weighted by Crippen LogP contribution is -2.27. The molecule has 0 saturated heterocycles. The van der Waals surface area contributed by atoms with Crippen molar-refractivity contribution in [1.29, 1.82) is 0 Å². The van der Waals surface area contributed by atoms with Gasteiger partial charge in [-0.25, -0.2) is 0 Å². The minimum Gasteiger partial charge on any atom is -0.478 e. The van der Waals surface area contributed by atoms with E-state index in [4.69, 9.17) is 16.3 Å². The molecule has 1 aliphatic carbocycles. The largest absolute Gasteiger partial charge is 0.478 e. The second-order valence-corrected chi connectivity index (χ2v) is 5.44. The van der Waals surface area contributed by atoms with Gasteiger partial charge in [0.1, 0.15) is 5.82 Å². The van der Waals surface area contributed by atoms with Gasteiger partial charge in [0.05, 0.1) is 6.61 Å². The minimum atomic E-state index is 0.646. The molecular weight excluding hydrogens is 260 g/mol. The van der Waals surface area contributed by atoms with Crippen LogP contribution in [0.4, 0.5) is 5.82 Å². The van der Waals surface area contributed by atoms with Crippen LogP contribution in [0.25, 0.3) is 0 Å². The molecule has 1 fully saturated rings. The monoisotopic (exact) mass is 282 g/mol. The van der Waals surface area contributed by atoms with E-state index in [1.807, 2.05) is 25.1 Å². The topological polar surface area (TPSA) is 34.1 Å². The van der Waals surface area contributed by atoms with Crippen molar-refractivity contribution in [3.05, 3.63) is 18.2 Å². The van der Waals surface area contributed by atoms with Crippen molar-refractivity contribution >= 4 is 17.4 Å². The number of hydrogen-bond acceptors (Lipinski definition) is 3. The van der Waals surface area contributed by atoms with Crippen molar-refractivity contribution in [2.24, 2.45) is 11.8 Å². The fourth-order valence-corrected chi connectivity index (χ4v) is 3.14. The number of nitrogens with one attached hydrogen (secondary N) is 1. The molecule has 0 aromatic carbocycles. The zero-order valence-corrected chi connectivity index (χ0v) is 12.3. The predicted octanol–water partition coefficient (Wildman–Crippen LogP) is 3.94. The second-order valence-electron chi connectivity index (χ2n) is 5.13. The van der Waals surface area contributed by atoms with Crippen molar-refractivity contribution in [3.63, 3.8) is 0 Å². The van der Waals surface area contributed by atoms with Crippen LogP contribution in [0.15, 0.2) is 18.2 Å². The molecule has 0 bridgehead atoms. The Labute approximate surface area is 120 Å². The highest BCUT2D eigenvalue weighted by Gasteiger charge is 2.24. The molecule has 2 rings (SSSR count). The smallest absolute Gasteiger partial charge is 0.215 e. The predicted molar refractivity (Wildman–Crippen MR) is 80.1 cm³/mol. The molecular formula is C15H23ClN2O. The lowest BCUT2D eigenvalue weighted by Gasteiger charge is -2.30. The average molecular weight is 283 g/mol. The number of anilines is 1. The van der Waals surface area contributed by atoms with Gasteiger partial charge >= 0.3 is 0 Å². The molecule has 4 heteroatoms. The molecule has 2 atom stereocenters. The van der Waals surface area contributed by atoms with Crippen LogP contribution in [0.2, 0.25) is 0 Å². The van der Waals surface area contributed by atoms with E-state index in [1.54, 1.807) is 0 Å². The number of aromatic nitrogens is 1. The van der Waals surface area contributed by atoms with Crippen LogP contribution < -0.4 is 10.1 Å². The van der Waals surface area contributed by atoms with Crippen molar-refractivity contribution < 1.29 is 4.74 Å². The number of alkyl halides is 1. The Kier molecular flexibility index (Phi) is 5.77. The third kappa shape index (κ3) is 4.27. The van der Waals surface area contributed by atoms with E-state index < -0.39 is 0 Å². The molecule has 0 amide bonds.